The number of hydrogen-bond acceptors (Lipinski definition) is 3. The van der Waals surface area contributed by atoms with Gasteiger partial charge >= 0.3 is 0 Å². The first-order chi connectivity index (χ1) is 6.68. The van der Waals surface area contributed by atoms with E-state index in [4.69, 9.17) is 5.73 Å². The summed E-state index contributed by atoms with van der Waals surface area (Å²) in [6, 6.07) is 0.0270. The Labute approximate surface area is 83.1 Å². The van der Waals surface area contributed by atoms with E-state index in [0.29, 0.717) is 18.2 Å². The van der Waals surface area contributed by atoms with Crippen LogP contribution in [0.25, 0.3) is 0 Å². The molecule has 4 heteroatoms. The SMILES string of the molecule is Cn1ccnc1C(=O)CC(N)C1CC1. The summed E-state index contributed by atoms with van der Waals surface area (Å²) >= 11 is 0. The summed E-state index contributed by atoms with van der Waals surface area (Å²) in [4.78, 5) is 15.7. The van der Waals surface area contributed by atoms with Crippen LogP contribution in [0, 0.1) is 5.92 Å². The second-order valence-electron chi connectivity index (χ2n) is 3.99. The molecule has 1 heterocycles. The lowest BCUT2D eigenvalue weighted by atomic mass is 10.1. The fourth-order valence-electron chi connectivity index (χ4n) is 1.63. The molecule has 1 unspecified atom stereocenters. The Balaban J connectivity index is 1.98. The molecule has 1 aromatic rings. The van der Waals surface area contributed by atoms with Crippen molar-refractivity contribution < 1.29 is 4.79 Å². The van der Waals surface area contributed by atoms with Crippen molar-refractivity contribution in [1.82, 2.24) is 9.55 Å². The van der Waals surface area contributed by atoms with Crippen molar-refractivity contribution in [3.63, 3.8) is 0 Å². The van der Waals surface area contributed by atoms with Crippen LogP contribution in [-0.4, -0.2) is 21.4 Å². The van der Waals surface area contributed by atoms with E-state index in [1.54, 1.807) is 17.0 Å². The molecule has 1 atom stereocenters. The topological polar surface area (TPSA) is 60.9 Å². The highest BCUT2D eigenvalue weighted by atomic mass is 16.1. The second kappa shape index (κ2) is 3.53. The van der Waals surface area contributed by atoms with Gasteiger partial charge in [0.05, 0.1) is 0 Å². The molecular weight excluding hydrogens is 178 g/mol. The van der Waals surface area contributed by atoms with Crippen LogP contribution in [-0.2, 0) is 7.05 Å². The van der Waals surface area contributed by atoms with Crippen LogP contribution in [0.5, 0.6) is 0 Å². The standard InChI is InChI=1S/C10H15N3O/c1-13-5-4-12-10(13)9(14)6-8(11)7-2-3-7/h4-5,7-8H,2-3,6,11H2,1H3. The third-order valence-corrected chi connectivity index (χ3v) is 2.72. The van der Waals surface area contributed by atoms with Gasteiger partial charge < -0.3 is 10.3 Å². The van der Waals surface area contributed by atoms with Crippen molar-refractivity contribution in [2.45, 2.75) is 25.3 Å². The number of hydrogen-bond donors (Lipinski definition) is 1. The Morgan fingerprint density at radius 3 is 3.00 bits per heavy atom. The lowest BCUT2D eigenvalue weighted by Crippen LogP contribution is -2.27. The Hall–Kier alpha value is -1.16. The molecule has 0 spiro atoms. The Morgan fingerprint density at radius 2 is 2.50 bits per heavy atom. The largest absolute Gasteiger partial charge is 0.332 e. The van der Waals surface area contributed by atoms with Crippen molar-refractivity contribution >= 4 is 5.78 Å². The smallest absolute Gasteiger partial charge is 0.199 e. The zero-order valence-corrected chi connectivity index (χ0v) is 8.31. The summed E-state index contributed by atoms with van der Waals surface area (Å²) in [6.07, 6.45) is 6.19. The number of Topliss-reactive ketones (excluding diaryl/α,β-unsaturated/α-hetero) is 1. The zero-order chi connectivity index (χ0) is 10.1. The molecule has 1 fully saturated rings. The van der Waals surface area contributed by atoms with Crippen LogP contribution < -0.4 is 5.73 Å². The van der Waals surface area contributed by atoms with Gasteiger partial charge in [0, 0.05) is 31.9 Å². The minimum atomic E-state index is 0.0270. The summed E-state index contributed by atoms with van der Waals surface area (Å²) in [6.45, 7) is 0. The first kappa shape index (κ1) is 9.40. The number of aromatic nitrogens is 2. The molecule has 0 bridgehead atoms. The van der Waals surface area contributed by atoms with Crippen LogP contribution >= 0.6 is 0 Å². The van der Waals surface area contributed by atoms with E-state index < -0.39 is 0 Å². The van der Waals surface area contributed by atoms with Gasteiger partial charge in [-0.3, -0.25) is 4.79 Å². The molecule has 0 aliphatic heterocycles. The Kier molecular flexibility index (Phi) is 2.37. The van der Waals surface area contributed by atoms with E-state index in [2.05, 4.69) is 4.98 Å². The van der Waals surface area contributed by atoms with E-state index in [9.17, 15) is 4.79 Å². The van der Waals surface area contributed by atoms with Crippen molar-refractivity contribution in [1.29, 1.82) is 0 Å². The molecule has 14 heavy (non-hydrogen) atoms. The van der Waals surface area contributed by atoms with Gasteiger partial charge in [-0.2, -0.15) is 0 Å². The van der Waals surface area contributed by atoms with E-state index in [1.807, 2.05) is 7.05 Å². The maximum absolute atomic E-state index is 11.7. The number of carbonyl (C=O) groups is 1. The molecule has 0 amide bonds. The van der Waals surface area contributed by atoms with Crippen molar-refractivity contribution in [2.75, 3.05) is 0 Å². The third-order valence-electron chi connectivity index (χ3n) is 2.72. The maximum atomic E-state index is 11.7. The normalized spacial score (nSPS) is 18.1. The van der Waals surface area contributed by atoms with Crippen LogP contribution in [0.2, 0.25) is 0 Å². The van der Waals surface area contributed by atoms with Crippen LogP contribution in [0.15, 0.2) is 12.4 Å². The number of ketones is 1. The molecule has 4 nitrogen and oxygen atoms in total. The molecule has 2 N–H and O–H groups in total. The molecule has 1 saturated carbocycles. The minimum absolute atomic E-state index is 0.0270. The first-order valence-corrected chi connectivity index (χ1v) is 4.94. The van der Waals surface area contributed by atoms with Gasteiger partial charge in [-0.05, 0) is 18.8 Å². The van der Waals surface area contributed by atoms with Gasteiger partial charge in [0.2, 0.25) is 0 Å². The molecule has 1 aliphatic rings. The van der Waals surface area contributed by atoms with Gasteiger partial charge in [-0.25, -0.2) is 4.98 Å². The second-order valence-corrected chi connectivity index (χ2v) is 3.99. The van der Waals surface area contributed by atoms with Crippen molar-refractivity contribution in [2.24, 2.45) is 18.7 Å². The number of rotatable bonds is 4. The van der Waals surface area contributed by atoms with Crippen LogP contribution in [0.3, 0.4) is 0 Å². The van der Waals surface area contributed by atoms with Gasteiger partial charge in [0.25, 0.3) is 0 Å². The van der Waals surface area contributed by atoms with E-state index in [-0.39, 0.29) is 11.8 Å². The number of nitrogens with two attached hydrogens (primary N) is 1. The molecule has 2 rings (SSSR count). The van der Waals surface area contributed by atoms with Crippen molar-refractivity contribution in [3.8, 4) is 0 Å². The van der Waals surface area contributed by atoms with Gasteiger partial charge in [0.1, 0.15) is 0 Å². The van der Waals surface area contributed by atoms with Gasteiger partial charge in [0.15, 0.2) is 11.6 Å². The molecule has 1 aromatic heterocycles. The quantitative estimate of drug-likeness (QED) is 0.717. The average Bonchev–Trinajstić information content (AvgIpc) is 2.89. The lowest BCUT2D eigenvalue weighted by molar-refractivity contribution is 0.0958. The Bertz CT molecular complexity index is 341. The molecule has 0 saturated heterocycles. The first-order valence-electron chi connectivity index (χ1n) is 4.94. The van der Waals surface area contributed by atoms with E-state index in [1.165, 1.54) is 12.8 Å². The predicted molar refractivity (Wildman–Crippen MR) is 52.9 cm³/mol. The monoisotopic (exact) mass is 193 g/mol. The van der Waals surface area contributed by atoms with Gasteiger partial charge in [-0.1, -0.05) is 0 Å². The maximum Gasteiger partial charge on any atom is 0.199 e. The average molecular weight is 193 g/mol. The molecular formula is C10H15N3O. The number of aryl methyl sites for hydroxylation is 1. The predicted octanol–water partition coefficient (Wildman–Crippen LogP) is 0.730. The highest BCUT2D eigenvalue weighted by Crippen LogP contribution is 2.33. The van der Waals surface area contributed by atoms with Gasteiger partial charge in [-0.15, -0.1) is 0 Å². The summed E-state index contributed by atoms with van der Waals surface area (Å²) in [7, 11) is 1.82. The molecule has 76 valence electrons. The van der Waals surface area contributed by atoms with Crippen LogP contribution in [0.1, 0.15) is 29.9 Å². The summed E-state index contributed by atoms with van der Waals surface area (Å²) < 4.78 is 1.74. The third kappa shape index (κ3) is 1.85. The lowest BCUT2D eigenvalue weighted by Gasteiger charge is -2.08. The number of imidazole rings is 1. The fraction of sp³-hybridized carbons (Fsp3) is 0.600. The summed E-state index contributed by atoms with van der Waals surface area (Å²) in [5.74, 6) is 1.14. The van der Waals surface area contributed by atoms with E-state index in [0.717, 1.165) is 0 Å². The molecule has 0 aromatic carbocycles. The summed E-state index contributed by atoms with van der Waals surface area (Å²) in [5.41, 5.74) is 5.88. The highest BCUT2D eigenvalue weighted by Gasteiger charge is 2.30. The fourth-order valence-corrected chi connectivity index (χ4v) is 1.63. The molecule has 0 radical (unpaired) electrons. The Morgan fingerprint density at radius 1 is 1.79 bits per heavy atom. The summed E-state index contributed by atoms with van der Waals surface area (Å²) in [5, 5.41) is 0. The molecule has 1 aliphatic carbocycles. The minimum Gasteiger partial charge on any atom is -0.332 e. The zero-order valence-electron chi connectivity index (χ0n) is 8.31. The van der Waals surface area contributed by atoms with Crippen molar-refractivity contribution in [3.05, 3.63) is 18.2 Å². The highest BCUT2D eigenvalue weighted by molar-refractivity contribution is 5.93. The number of nitrogens with zero attached hydrogens (tertiary/aromatic N) is 2. The van der Waals surface area contributed by atoms with Crippen LogP contribution in [0.4, 0.5) is 0 Å². The number of carbonyl (C=O) groups excluding carboxylic acids is 1. The van der Waals surface area contributed by atoms with E-state index >= 15 is 0 Å².